The van der Waals surface area contributed by atoms with Gasteiger partial charge in [0.05, 0.1) is 0 Å². The molecule has 0 amide bonds. The average molecular weight is 288 g/mol. The van der Waals surface area contributed by atoms with Gasteiger partial charge in [-0.25, -0.2) is 0 Å². The summed E-state index contributed by atoms with van der Waals surface area (Å²) >= 11 is 0. The molecule has 1 aliphatic carbocycles. The van der Waals surface area contributed by atoms with E-state index in [2.05, 4.69) is 98.0 Å². The molecule has 0 radical (unpaired) electrons. The monoisotopic (exact) mass is 288 g/mol. The van der Waals surface area contributed by atoms with E-state index in [1.165, 1.54) is 22.6 Å². The van der Waals surface area contributed by atoms with Crippen LogP contribution in [0.2, 0.25) is 0 Å². The highest BCUT2D eigenvalue weighted by molar-refractivity contribution is 5.70. The lowest BCUT2D eigenvalue weighted by molar-refractivity contribution is 0.726. The average Bonchev–Trinajstić information content (AvgIpc) is 2.57. The number of anilines is 2. The molecule has 0 spiro atoms. The third kappa shape index (κ3) is 3.09. The molecule has 0 saturated carbocycles. The van der Waals surface area contributed by atoms with Crippen LogP contribution >= 0.6 is 0 Å². The SMILES string of the molecule is C[CH-]c1ccc(N(C2=CC(C)CC=C2)c2ccccc2)cc1. The summed E-state index contributed by atoms with van der Waals surface area (Å²) in [6, 6.07) is 19.3. The van der Waals surface area contributed by atoms with Gasteiger partial charge in [-0.2, -0.15) is 24.1 Å². The van der Waals surface area contributed by atoms with Crippen LogP contribution in [0.25, 0.3) is 0 Å². The predicted octanol–water partition coefficient (Wildman–Crippen LogP) is 5.88. The molecule has 1 unspecified atom stereocenters. The van der Waals surface area contributed by atoms with Gasteiger partial charge in [0.15, 0.2) is 0 Å². The van der Waals surface area contributed by atoms with E-state index in [0.29, 0.717) is 5.92 Å². The quantitative estimate of drug-likeness (QED) is 0.635. The maximum atomic E-state index is 2.35. The van der Waals surface area contributed by atoms with Crippen molar-refractivity contribution >= 4 is 11.4 Å². The van der Waals surface area contributed by atoms with Crippen molar-refractivity contribution in [3.05, 3.63) is 90.5 Å². The molecular formula is C21H22N-. The second-order valence-corrected chi connectivity index (χ2v) is 5.76. The highest BCUT2D eigenvalue weighted by Crippen LogP contribution is 2.33. The topological polar surface area (TPSA) is 3.24 Å². The summed E-state index contributed by atoms with van der Waals surface area (Å²) in [5.41, 5.74) is 4.89. The molecule has 2 aromatic rings. The maximum Gasteiger partial charge on any atom is 0.0460 e. The maximum absolute atomic E-state index is 2.35. The van der Waals surface area contributed by atoms with Crippen LogP contribution in [0, 0.1) is 12.3 Å². The molecule has 0 saturated heterocycles. The summed E-state index contributed by atoms with van der Waals surface area (Å²) in [6.07, 6.45) is 10.1. The molecule has 0 fully saturated rings. The normalized spacial score (nSPS) is 17.0. The van der Waals surface area contributed by atoms with E-state index >= 15 is 0 Å². The number of rotatable bonds is 4. The summed E-state index contributed by atoms with van der Waals surface area (Å²) in [5.74, 6) is 0.578. The second kappa shape index (κ2) is 6.57. The van der Waals surface area contributed by atoms with Gasteiger partial charge in [-0.3, -0.25) is 0 Å². The summed E-state index contributed by atoms with van der Waals surface area (Å²) in [5, 5.41) is 0. The predicted molar refractivity (Wildman–Crippen MR) is 95.1 cm³/mol. The van der Waals surface area contributed by atoms with E-state index in [0.717, 1.165) is 6.42 Å². The molecule has 1 aliphatic rings. The van der Waals surface area contributed by atoms with Crippen molar-refractivity contribution in [2.75, 3.05) is 4.90 Å². The molecule has 3 rings (SSSR count). The van der Waals surface area contributed by atoms with Crippen LogP contribution in [0.15, 0.2) is 78.5 Å². The molecule has 0 bridgehead atoms. The fourth-order valence-corrected chi connectivity index (χ4v) is 2.81. The Hall–Kier alpha value is -2.41. The Labute approximate surface area is 133 Å². The van der Waals surface area contributed by atoms with Crippen molar-refractivity contribution in [2.45, 2.75) is 20.3 Å². The number of nitrogens with zero attached hydrogens (tertiary/aromatic N) is 1. The largest absolute Gasteiger partial charge is 0.313 e. The number of para-hydroxylation sites is 1. The number of benzene rings is 2. The Morgan fingerprint density at radius 1 is 0.955 bits per heavy atom. The van der Waals surface area contributed by atoms with E-state index in [9.17, 15) is 0 Å². The molecule has 112 valence electrons. The minimum Gasteiger partial charge on any atom is -0.313 e. The second-order valence-electron chi connectivity index (χ2n) is 5.76. The van der Waals surface area contributed by atoms with E-state index in [-0.39, 0.29) is 0 Å². The van der Waals surface area contributed by atoms with Gasteiger partial charge < -0.3 is 4.90 Å². The summed E-state index contributed by atoms with van der Waals surface area (Å²) in [7, 11) is 0. The molecule has 22 heavy (non-hydrogen) atoms. The highest BCUT2D eigenvalue weighted by atomic mass is 15.1. The van der Waals surface area contributed by atoms with Gasteiger partial charge in [0.1, 0.15) is 0 Å². The van der Waals surface area contributed by atoms with Crippen LogP contribution in [0.1, 0.15) is 25.8 Å². The van der Waals surface area contributed by atoms with Gasteiger partial charge in [-0.1, -0.05) is 56.3 Å². The van der Waals surface area contributed by atoms with E-state index in [1.54, 1.807) is 0 Å². The highest BCUT2D eigenvalue weighted by Gasteiger charge is 2.14. The third-order valence-electron chi connectivity index (χ3n) is 4.01. The third-order valence-corrected chi connectivity index (χ3v) is 4.01. The lowest BCUT2D eigenvalue weighted by Gasteiger charge is -2.30. The lowest BCUT2D eigenvalue weighted by atomic mass is 10.00. The lowest BCUT2D eigenvalue weighted by Crippen LogP contribution is -2.17. The Morgan fingerprint density at radius 3 is 2.27 bits per heavy atom. The molecule has 0 aliphatic heterocycles. The summed E-state index contributed by atoms with van der Waals surface area (Å²) in [6.45, 7) is 4.33. The van der Waals surface area contributed by atoms with E-state index in [4.69, 9.17) is 0 Å². The minimum atomic E-state index is 0.578. The molecule has 0 aromatic heterocycles. The summed E-state index contributed by atoms with van der Waals surface area (Å²) < 4.78 is 0. The van der Waals surface area contributed by atoms with Gasteiger partial charge in [-0.05, 0) is 30.5 Å². The molecule has 1 atom stereocenters. The Balaban J connectivity index is 2.04. The van der Waals surface area contributed by atoms with Crippen LogP contribution in [0.4, 0.5) is 11.4 Å². The zero-order chi connectivity index (χ0) is 15.4. The van der Waals surface area contributed by atoms with Crippen LogP contribution < -0.4 is 4.90 Å². The zero-order valence-corrected chi connectivity index (χ0v) is 13.2. The Morgan fingerprint density at radius 2 is 1.64 bits per heavy atom. The molecule has 0 heterocycles. The fourth-order valence-electron chi connectivity index (χ4n) is 2.81. The van der Waals surface area contributed by atoms with Gasteiger partial charge in [0.2, 0.25) is 0 Å². The molecule has 1 nitrogen and oxygen atoms in total. The van der Waals surface area contributed by atoms with Crippen LogP contribution in [0.5, 0.6) is 0 Å². The first kappa shape index (κ1) is 14.5. The first-order valence-electron chi connectivity index (χ1n) is 7.91. The van der Waals surface area contributed by atoms with Gasteiger partial charge >= 0.3 is 0 Å². The van der Waals surface area contributed by atoms with Crippen LogP contribution in [-0.4, -0.2) is 0 Å². The van der Waals surface area contributed by atoms with Crippen molar-refractivity contribution in [3.8, 4) is 0 Å². The molecule has 1 heteroatoms. The zero-order valence-electron chi connectivity index (χ0n) is 13.2. The fraction of sp³-hybridized carbons (Fsp3) is 0.190. The minimum absolute atomic E-state index is 0.578. The number of hydrogen-bond donors (Lipinski definition) is 0. The van der Waals surface area contributed by atoms with Crippen molar-refractivity contribution in [1.29, 1.82) is 0 Å². The first-order chi connectivity index (χ1) is 10.8. The van der Waals surface area contributed by atoms with Gasteiger partial charge in [0.25, 0.3) is 0 Å². The van der Waals surface area contributed by atoms with Crippen molar-refractivity contribution in [2.24, 2.45) is 5.92 Å². The molecule has 0 N–H and O–H groups in total. The van der Waals surface area contributed by atoms with Crippen LogP contribution in [-0.2, 0) is 0 Å². The summed E-state index contributed by atoms with van der Waals surface area (Å²) in [4.78, 5) is 2.33. The van der Waals surface area contributed by atoms with Crippen molar-refractivity contribution < 1.29 is 0 Å². The van der Waals surface area contributed by atoms with Gasteiger partial charge in [-0.15, -0.1) is 0 Å². The number of allylic oxidation sites excluding steroid dienone is 3. The Kier molecular flexibility index (Phi) is 4.34. The smallest absolute Gasteiger partial charge is 0.0460 e. The first-order valence-corrected chi connectivity index (χ1v) is 7.91. The van der Waals surface area contributed by atoms with E-state index < -0.39 is 0 Å². The van der Waals surface area contributed by atoms with Crippen molar-refractivity contribution in [1.82, 2.24) is 0 Å². The van der Waals surface area contributed by atoms with E-state index in [1.807, 2.05) is 0 Å². The molecular weight excluding hydrogens is 266 g/mol. The Bertz CT molecular complexity index is 665. The van der Waals surface area contributed by atoms with Gasteiger partial charge in [0, 0.05) is 17.1 Å². The molecule has 2 aromatic carbocycles. The van der Waals surface area contributed by atoms with Crippen molar-refractivity contribution in [3.63, 3.8) is 0 Å². The van der Waals surface area contributed by atoms with Crippen LogP contribution in [0.3, 0.4) is 0 Å². The standard InChI is InChI=1S/C21H22N/c1-3-18-12-14-20(15-13-18)22(19-9-5-4-6-10-19)21-11-7-8-17(2)16-21/h3-7,9-17H,8H2,1-2H3/q-1. The number of hydrogen-bond acceptors (Lipinski definition) is 1.